The molecule has 2 aromatic carbocycles. The molecule has 19 heavy (non-hydrogen) atoms. The molecule has 0 saturated carbocycles. The molecule has 0 spiro atoms. The van der Waals surface area contributed by atoms with Crippen molar-refractivity contribution in [1.29, 1.82) is 0 Å². The van der Waals surface area contributed by atoms with E-state index >= 15 is 0 Å². The fraction of sp³-hybridized carbons (Fsp3) is 0.353. The van der Waals surface area contributed by atoms with Gasteiger partial charge in [0.1, 0.15) is 0 Å². The molecule has 0 unspecified atom stereocenters. The third kappa shape index (κ3) is 2.41. The lowest BCUT2D eigenvalue weighted by atomic mass is 9.75. The summed E-state index contributed by atoms with van der Waals surface area (Å²) in [4.78, 5) is 12.7. The largest absolute Gasteiger partial charge is 0.329 e. The van der Waals surface area contributed by atoms with E-state index in [1.807, 2.05) is 50.2 Å². The highest BCUT2D eigenvalue weighted by atomic mass is 16.1. The van der Waals surface area contributed by atoms with Gasteiger partial charge in [0.05, 0.1) is 0 Å². The molecular weight excluding hydrogens is 234 g/mol. The van der Waals surface area contributed by atoms with E-state index in [-0.39, 0.29) is 5.78 Å². The van der Waals surface area contributed by atoms with Crippen molar-refractivity contribution in [3.63, 3.8) is 0 Å². The molecular formula is C17H21NO. The lowest BCUT2D eigenvalue weighted by Crippen LogP contribution is -2.37. The van der Waals surface area contributed by atoms with Crippen molar-refractivity contribution in [2.24, 2.45) is 11.1 Å². The summed E-state index contributed by atoms with van der Waals surface area (Å²) in [6.45, 7) is 4.48. The summed E-state index contributed by atoms with van der Waals surface area (Å²) in [5.41, 5.74) is 6.22. The van der Waals surface area contributed by atoms with Gasteiger partial charge in [0.2, 0.25) is 0 Å². The Balaban J connectivity index is 2.46. The van der Waals surface area contributed by atoms with E-state index in [4.69, 9.17) is 5.73 Å². The van der Waals surface area contributed by atoms with Crippen LogP contribution in [-0.2, 0) is 0 Å². The van der Waals surface area contributed by atoms with Gasteiger partial charge in [-0.15, -0.1) is 0 Å². The van der Waals surface area contributed by atoms with Crippen molar-refractivity contribution < 1.29 is 4.79 Å². The molecule has 0 fully saturated rings. The molecule has 0 bridgehead atoms. The van der Waals surface area contributed by atoms with Crippen LogP contribution < -0.4 is 5.73 Å². The first-order valence-corrected chi connectivity index (χ1v) is 6.90. The molecule has 2 heteroatoms. The minimum Gasteiger partial charge on any atom is -0.329 e. The summed E-state index contributed by atoms with van der Waals surface area (Å²) >= 11 is 0. The molecule has 100 valence electrons. The Morgan fingerprint density at radius 1 is 1.05 bits per heavy atom. The van der Waals surface area contributed by atoms with Gasteiger partial charge in [0.15, 0.2) is 5.78 Å². The molecule has 2 aromatic rings. The van der Waals surface area contributed by atoms with Crippen LogP contribution in [0, 0.1) is 5.41 Å². The zero-order chi connectivity index (χ0) is 13.9. The highest BCUT2D eigenvalue weighted by Gasteiger charge is 2.33. The van der Waals surface area contributed by atoms with E-state index in [0.717, 1.165) is 29.2 Å². The van der Waals surface area contributed by atoms with Crippen LogP contribution in [0.3, 0.4) is 0 Å². The number of nitrogens with two attached hydrogens (primary N) is 1. The van der Waals surface area contributed by atoms with Crippen molar-refractivity contribution in [2.45, 2.75) is 26.7 Å². The quantitative estimate of drug-likeness (QED) is 0.826. The maximum atomic E-state index is 12.7. The molecule has 0 aromatic heterocycles. The van der Waals surface area contributed by atoms with Gasteiger partial charge in [0, 0.05) is 17.5 Å². The van der Waals surface area contributed by atoms with Gasteiger partial charge in [-0.05, 0) is 29.7 Å². The van der Waals surface area contributed by atoms with Crippen molar-refractivity contribution in [1.82, 2.24) is 0 Å². The predicted octanol–water partition coefficient (Wildman–Crippen LogP) is 3.79. The van der Waals surface area contributed by atoms with Crippen molar-refractivity contribution in [3.05, 3.63) is 48.0 Å². The second-order valence-electron chi connectivity index (χ2n) is 5.08. The number of hydrogen-bond donors (Lipinski definition) is 1. The Bertz CT molecular complexity index is 576. The van der Waals surface area contributed by atoms with Crippen LogP contribution in [0.25, 0.3) is 10.8 Å². The van der Waals surface area contributed by atoms with Gasteiger partial charge >= 0.3 is 0 Å². The van der Waals surface area contributed by atoms with E-state index in [1.54, 1.807) is 0 Å². The van der Waals surface area contributed by atoms with Crippen molar-refractivity contribution >= 4 is 16.6 Å². The molecule has 2 N–H and O–H groups in total. The lowest BCUT2D eigenvalue weighted by molar-refractivity contribution is 0.0787. The van der Waals surface area contributed by atoms with Gasteiger partial charge < -0.3 is 5.73 Å². The maximum Gasteiger partial charge on any atom is 0.170 e. The number of fused-ring (bicyclic) bond motifs is 1. The Morgan fingerprint density at radius 2 is 1.68 bits per heavy atom. The van der Waals surface area contributed by atoms with Crippen LogP contribution in [0.5, 0.6) is 0 Å². The predicted molar refractivity (Wildman–Crippen MR) is 80.3 cm³/mol. The summed E-state index contributed by atoms with van der Waals surface area (Å²) in [7, 11) is 0. The molecule has 0 heterocycles. The topological polar surface area (TPSA) is 43.1 Å². The third-order valence-electron chi connectivity index (χ3n) is 4.24. The monoisotopic (exact) mass is 255 g/mol. The lowest BCUT2D eigenvalue weighted by Gasteiger charge is -2.28. The molecule has 0 radical (unpaired) electrons. The highest BCUT2D eigenvalue weighted by Crippen LogP contribution is 2.30. The number of carbonyl (C=O) groups excluding carboxylic acids is 1. The first-order chi connectivity index (χ1) is 9.16. The Kier molecular flexibility index (Phi) is 4.01. The molecule has 0 aliphatic rings. The standard InChI is InChI=1S/C17H21NO/c1-3-17(4-2,12-18)16(19)15-10-9-13-7-5-6-8-14(13)11-15/h5-11H,3-4,12,18H2,1-2H3. The van der Waals surface area contributed by atoms with Crippen LogP contribution >= 0.6 is 0 Å². The molecule has 0 atom stereocenters. The fourth-order valence-electron chi connectivity index (χ4n) is 2.59. The maximum absolute atomic E-state index is 12.7. The van der Waals surface area contributed by atoms with Gasteiger partial charge in [-0.1, -0.05) is 50.2 Å². The van der Waals surface area contributed by atoms with Crippen molar-refractivity contribution in [3.8, 4) is 0 Å². The number of carbonyl (C=O) groups is 1. The van der Waals surface area contributed by atoms with Gasteiger partial charge in [-0.3, -0.25) is 4.79 Å². The van der Waals surface area contributed by atoms with E-state index in [9.17, 15) is 4.79 Å². The van der Waals surface area contributed by atoms with Crippen LogP contribution in [0.1, 0.15) is 37.0 Å². The van der Waals surface area contributed by atoms with Gasteiger partial charge in [-0.25, -0.2) is 0 Å². The van der Waals surface area contributed by atoms with E-state index in [0.29, 0.717) is 6.54 Å². The van der Waals surface area contributed by atoms with E-state index in [2.05, 4.69) is 6.07 Å². The summed E-state index contributed by atoms with van der Waals surface area (Å²) in [6.07, 6.45) is 1.57. The van der Waals surface area contributed by atoms with Crippen LogP contribution in [0.2, 0.25) is 0 Å². The third-order valence-corrected chi connectivity index (χ3v) is 4.24. The molecule has 2 nitrogen and oxygen atoms in total. The van der Waals surface area contributed by atoms with Crippen LogP contribution in [0.15, 0.2) is 42.5 Å². The summed E-state index contributed by atoms with van der Waals surface area (Å²) in [6, 6.07) is 14.0. The minimum absolute atomic E-state index is 0.172. The molecule has 2 rings (SSSR count). The second-order valence-corrected chi connectivity index (χ2v) is 5.08. The number of benzene rings is 2. The first kappa shape index (κ1) is 13.8. The number of ketones is 1. The Morgan fingerprint density at radius 3 is 2.26 bits per heavy atom. The zero-order valence-corrected chi connectivity index (χ0v) is 11.6. The number of Topliss-reactive ketones (excluding diaryl/α,β-unsaturated/α-hetero) is 1. The Hall–Kier alpha value is -1.67. The van der Waals surface area contributed by atoms with Crippen LogP contribution in [-0.4, -0.2) is 12.3 Å². The van der Waals surface area contributed by atoms with E-state index in [1.165, 1.54) is 0 Å². The fourth-order valence-corrected chi connectivity index (χ4v) is 2.59. The zero-order valence-electron chi connectivity index (χ0n) is 11.6. The SMILES string of the molecule is CCC(CC)(CN)C(=O)c1ccc2ccccc2c1. The highest BCUT2D eigenvalue weighted by molar-refractivity contribution is 6.03. The smallest absolute Gasteiger partial charge is 0.170 e. The molecule has 0 amide bonds. The summed E-state index contributed by atoms with van der Waals surface area (Å²) in [5, 5.41) is 2.26. The van der Waals surface area contributed by atoms with Gasteiger partial charge in [-0.2, -0.15) is 0 Å². The molecule has 0 saturated heterocycles. The summed E-state index contributed by atoms with van der Waals surface area (Å²) in [5.74, 6) is 0.172. The van der Waals surface area contributed by atoms with Crippen molar-refractivity contribution in [2.75, 3.05) is 6.54 Å². The Labute approximate surface area is 114 Å². The van der Waals surface area contributed by atoms with E-state index < -0.39 is 5.41 Å². The number of hydrogen-bond acceptors (Lipinski definition) is 2. The average molecular weight is 255 g/mol. The summed E-state index contributed by atoms with van der Waals surface area (Å²) < 4.78 is 0. The second kappa shape index (κ2) is 5.54. The van der Waals surface area contributed by atoms with Crippen LogP contribution in [0.4, 0.5) is 0 Å². The average Bonchev–Trinajstić information content (AvgIpc) is 2.49. The minimum atomic E-state index is -0.414. The normalized spacial score (nSPS) is 11.7. The first-order valence-electron chi connectivity index (χ1n) is 6.90. The molecule has 0 aliphatic carbocycles. The van der Waals surface area contributed by atoms with Gasteiger partial charge in [0.25, 0.3) is 0 Å². The molecule has 0 aliphatic heterocycles. The number of rotatable bonds is 5.